The normalized spacial score (nSPS) is 29.6. The van der Waals surface area contributed by atoms with Crippen molar-refractivity contribution >= 4 is 52.8 Å². The summed E-state index contributed by atoms with van der Waals surface area (Å²) in [5.41, 5.74) is 0. The summed E-state index contributed by atoms with van der Waals surface area (Å²) in [7, 11) is 0. The van der Waals surface area contributed by atoms with E-state index in [1.54, 1.807) is 4.90 Å². The third-order valence-corrected chi connectivity index (χ3v) is 6.78. The number of alkyl halides is 1. The summed E-state index contributed by atoms with van der Waals surface area (Å²) in [6.07, 6.45) is 2.33. The minimum atomic E-state index is -0.165. The highest BCUT2D eigenvalue weighted by atomic mass is 35.5. The van der Waals surface area contributed by atoms with E-state index in [0.717, 1.165) is 12.8 Å². The van der Waals surface area contributed by atoms with E-state index in [0.29, 0.717) is 47.4 Å². The van der Waals surface area contributed by atoms with Gasteiger partial charge in [-0.2, -0.15) is 0 Å². The van der Waals surface area contributed by atoms with Crippen LogP contribution in [0.25, 0.3) is 0 Å². The first-order valence-corrected chi connectivity index (χ1v) is 9.79. The van der Waals surface area contributed by atoms with Crippen molar-refractivity contribution in [1.82, 2.24) is 9.47 Å². The van der Waals surface area contributed by atoms with E-state index in [4.69, 9.17) is 28.6 Å². The highest BCUT2D eigenvalue weighted by Gasteiger charge is 2.42. The molecule has 3 heterocycles. The lowest BCUT2D eigenvalue weighted by molar-refractivity contribution is -0.123. The van der Waals surface area contributed by atoms with Gasteiger partial charge >= 0.3 is 0 Å². The smallest absolute Gasteiger partial charge is 0.267 e. The van der Waals surface area contributed by atoms with Gasteiger partial charge < -0.3 is 19.5 Å². The number of halogens is 1. The van der Waals surface area contributed by atoms with Gasteiger partial charge in [0.2, 0.25) is 5.91 Å². The molecule has 3 aliphatic rings. The molecule has 1 aromatic rings. The largest absolute Gasteiger partial charge is 0.378 e. The van der Waals surface area contributed by atoms with E-state index in [-0.39, 0.29) is 29.2 Å². The topological polar surface area (TPSA) is 63.6 Å². The van der Waals surface area contributed by atoms with Gasteiger partial charge in [-0.1, -0.05) is 11.3 Å². The maximum absolute atomic E-state index is 12.9. The molecule has 9 heteroatoms. The van der Waals surface area contributed by atoms with E-state index in [9.17, 15) is 9.59 Å². The Morgan fingerprint density at radius 1 is 1.33 bits per heavy atom. The third kappa shape index (κ3) is 2.69. The summed E-state index contributed by atoms with van der Waals surface area (Å²) >= 11 is 13.0. The summed E-state index contributed by atoms with van der Waals surface area (Å²) in [6, 6.07) is 0.0127. The number of nitrogens with one attached hydrogen (secondary N) is 1. The lowest BCUT2D eigenvalue weighted by Crippen LogP contribution is -2.43. The van der Waals surface area contributed by atoms with Crippen LogP contribution in [0.15, 0.2) is 0 Å². The zero-order valence-electron chi connectivity index (χ0n) is 13.0. The van der Waals surface area contributed by atoms with Gasteiger partial charge in [0, 0.05) is 24.5 Å². The van der Waals surface area contributed by atoms with Crippen LogP contribution in [0.1, 0.15) is 35.0 Å². The fraction of sp³-hybridized carbons (Fsp3) is 0.667. The van der Waals surface area contributed by atoms with E-state index < -0.39 is 0 Å². The van der Waals surface area contributed by atoms with Crippen LogP contribution >= 0.6 is 35.2 Å². The second-order valence-corrected chi connectivity index (χ2v) is 8.66. The zero-order valence-corrected chi connectivity index (χ0v) is 15.4. The Kier molecular flexibility index (Phi) is 4.40. The molecule has 1 saturated carbocycles. The SMILES string of the molecule is O=C1Nc2c(C(=O)N3CCOCC3)sc(=S)n2C2CCC(Cl)CC12. The van der Waals surface area contributed by atoms with Gasteiger partial charge in [-0.15, -0.1) is 11.6 Å². The van der Waals surface area contributed by atoms with Crippen molar-refractivity contribution in [2.45, 2.75) is 30.7 Å². The standard InChI is InChI=1S/C15H18ClN3O3S2/c16-8-1-2-10-9(7-8)13(20)17-12-11(24-15(23)19(10)12)14(21)18-3-5-22-6-4-18/h8-10H,1-7H2,(H,17,20). The maximum Gasteiger partial charge on any atom is 0.267 e. The number of nitrogens with zero attached hydrogens (tertiary/aromatic N) is 2. The van der Waals surface area contributed by atoms with Gasteiger partial charge in [-0.05, 0) is 31.5 Å². The van der Waals surface area contributed by atoms with Crippen LogP contribution in [0.3, 0.4) is 0 Å². The molecule has 1 N–H and O–H groups in total. The number of thiazole rings is 1. The molecule has 130 valence electrons. The third-order valence-electron chi connectivity index (χ3n) is 4.99. The average molecular weight is 388 g/mol. The van der Waals surface area contributed by atoms with Crippen molar-refractivity contribution in [1.29, 1.82) is 0 Å². The predicted octanol–water partition coefficient (Wildman–Crippen LogP) is 2.65. The highest BCUT2D eigenvalue weighted by molar-refractivity contribution is 7.73. The second-order valence-electron chi connectivity index (χ2n) is 6.39. The summed E-state index contributed by atoms with van der Waals surface area (Å²) < 4.78 is 7.92. The van der Waals surface area contributed by atoms with E-state index in [2.05, 4.69) is 5.32 Å². The second kappa shape index (κ2) is 6.40. The number of rotatable bonds is 1. The number of hydrogen-bond acceptors (Lipinski definition) is 5. The van der Waals surface area contributed by atoms with Crippen molar-refractivity contribution in [2.24, 2.45) is 5.92 Å². The molecule has 1 saturated heterocycles. The Morgan fingerprint density at radius 2 is 2.08 bits per heavy atom. The van der Waals surface area contributed by atoms with Crippen molar-refractivity contribution < 1.29 is 14.3 Å². The lowest BCUT2D eigenvalue weighted by Gasteiger charge is -2.38. The van der Waals surface area contributed by atoms with Crippen molar-refractivity contribution in [2.75, 3.05) is 31.6 Å². The molecular weight excluding hydrogens is 370 g/mol. The first-order valence-electron chi connectivity index (χ1n) is 8.13. The van der Waals surface area contributed by atoms with Crippen molar-refractivity contribution in [3.8, 4) is 0 Å². The van der Waals surface area contributed by atoms with Gasteiger partial charge in [-0.3, -0.25) is 9.59 Å². The molecule has 0 radical (unpaired) electrons. The minimum absolute atomic E-state index is 0.0127. The number of carbonyl (C=O) groups is 2. The molecule has 24 heavy (non-hydrogen) atoms. The van der Waals surface area contributed by atoms with Crippen LogP contribution in [-0.4, -0.2) is 53.0 Å². The van der Waals surface area contributed by atoms with E-state index in [1.165, 1.54) is 11.3 Å². The number of ether oxygens (including phenoxy) is 1. The molecule has 0 spiro atoms. The monoisotopic (exact) mass is 387 g/mol. The number of aromatic nitrogens is 1. The molecule has 1 aliphatic carbocycles. The molecule has 1 aromatic heterocycles. The number of carbonyl (C=O) groups excluding carboxylic acids is 2. The fourth-order valence-corrected chi connectivity index (χ4v) is 5.52. The summed E-state index contributed by atoms with van der Waals surface area (Å²) in [5.74, 6) is 0.282. The summed E-state index contributed by atoms with van der Waals surface area (Å²) in [5, 5.41) is 2.95. The number of hydrogen-bond donors (Lipinski definition) is 1. The Hall–Kier alpha value is -0.960. The van der Waals surface area contributed by atoms with Crippen LogP contribution in [0.2, 0.25) is 0 Å². The highest BCUT2D eigenvalue weighted by Crippen LogP contribution is 2.44. The van der Waals surface area contributed by atoms with Gasteiger partial charge in [0.25, 0.3) is 5.91 Å². The first kappa shape index (κ1) is 16.5. The minimum Gasteiger partial charge on any atom is -0.378 e. The summed E-state index contributed by atoms with van der Waals surface area (Å²) in [4.78, 5) is 27.7. The quantitative estimate of drug-likeness (QED) is 0.594. The van der Waals surface area contributed by atoms with Crippen LogP contribution in [0.4, 0.5) is 5.82 Å². The van der Waals surface area contributed by atoms with Crippen molar-refractivity contribution in [3.05, 3.63) is 8.83 Å². The molecule has 2 amide bonds. The maximum atomic E-state index is 12.9. The zero-order chi connectivity index (χ0) is 16.8. The molecular formula is C15H18ClN3O3S2. The van der Waals surface area contributed by atoms with Gasteiger partial charge in [0.15, 0.2) is 3.95 Å². The van der Waals surface area contributed by atoms with E-state index in [1.807, 2.05) is 4.57 Å². The molecule has 0 bridgehead atoms. The van der Waals surface area contributed by atoms with Gasteiger partial charge in [-0.25, -0.2) is 0 Å². The summed E-state index contributed by atoms with van der Waals surface area (Å²) in [6.45, 7) is 2.22. The average Bonchev–Trinajstić information content (AvgIpc) is 2.92. The first-order chi connectivity index (χ1) is 11.6. The molecule has 6 nitrogen and oxygen atoms in total. The Balaban J connectivity index is 1.71. The lowest BCUT2D eigenvalue weighted by atomic mass is 9.82. The van der Waals surface area contributed by atoms with Gasteiger partial charge in [0.05, 0.1) is 19.1 Å². The van der Waals surface area contributed by atoms with Crippen LogP contribution < -0.4 is 5.32 Å². The van der Waals surface area contributed by atoms with Crippen LogP contribution in [0.5, 0.6) is 0 Å². The molecule has 2 aliphatic heterocycles. The molecule has 2 fully saturated rings. The fourth-order valence-electron chi connectivity index (χ4n) is 3.76. The Bertz CT molecular complexity index is 741. The van der Waals surface area contributed by atoms with Crippen molar-refractivity contribution in [3.63, 3.8) is 0 Å². The van der Waals surface area contributed by atoms with Gasteiger partial charge in [0.1, 0.15) is 10.7 Å². The Morgan fingerprint density at radius 3 is 2.83 bits per heavy atom. The number of anilines is 1. The predicted molar refractivity (Wildman–Crippen MR) is 94.5 cm³/mol. The molecule has 0 aromatic carbocycles. The van der Waals surface area contributed by atoms with Crippen LogP contribution in [0, 0.1) is 9.87 Å². The molecule has 3 atom stereocenters. The molecule has 4 rings (SSSR count). The van der Waals surface area contributed by atoms with E-state index >= 15 is 0 Å². The number of morpholine rings is 1. The van der Waals surface area contributed by atoms with Crippen LogP contribution in [-0.2, 0) is 9.53 Å². The molecule has 3 unspecified atom stereocenters. The number of amides is 2. The number of fused-ring (bicyclic) bond motifs is 3. The Labute approximate surface area is 153 Å².